The van der Waals surface area contributed by atoms with Crippen molar-refractivity contribution in [1.29, 1.82) is 0 Å². The summed E-state index contributed by atoms with van der Waals surface area (Å²) in [6.45, 7) is 4.98. The topological polar surface area (TPSA) is 41.6 Å². The van der Waals surface area contributed by atoms with Crippen LogP contribution in [0.3, 0.4) is 0 Å². The number of para-hydroxylation sites is 1. The smallest absolute Gasteiger partial charge is 0.255 e. The van der Waals surface area contributed by atoms with E-state index in [1.165, 1.54) is 0 Å². The first-order valence-electron chi connectivity index (χ1n) is 7.10. The Balaban J connectivity index is 2.15. The molecule has 2 rings (SSSR count). The van der Waals surface area contributed by atoms with Crippen molar-refractivity contribution in [1.82, 2.24) is 4.90 Å². The van der Waals surface area contributed by atoms with Crippen molar-refractivity contribution in [2.45, 2.75) is 38.3 Å². The number of rotatable bonds is 3. The maximum Gasteiger partial charge on any atom is 0.255 e. The number of hydrogen-bond donors (Lipinski definition) is 1. The Bertz CT molecular complexity index is 483. The maximum absolute atomic E-state index is 12.2. The van der Waals surface area contributed by atoms with E-state index in [4.69, 9.17) is 4.74 Å². The Morgan fingerprint density at radius 2 is 2.05 bits per heavy atom. The van der Waals surface area contributed by atoms with Gasteiger partial charge >= 0.3 is 0 Å². The van der Waals surface area contributed by atoms with E-state index in [-0.39, 0.29) is 11.5 Å². The number of nitrogens with zero attached hydrogens (tertiary/aromatic N) is 1. The molecule has 4 nitrogen and oxygen atoms in total. The summed E-state index contributed by atoms with van der Waals surface area (Å²) in [5.74, 6) is 0.0272. The zero-order chi connectivity index (χ0) is 14.8. The van der Waals surface area contributed by atoms with Crippen molar-refractivity contribution in [3.8, 4) is 0 Å². The maximum atomic E-state index is 12.2. The van der Waals surface area contributed by atoms with Crippen LogP contribution >= 0.6 is 0 Å². The summed E-state index contributed by atoms with van der Waals surface area (Å²) >= 11 is 0. The van der Waals surface area contributed by atoms with Gasteiger partial charge in [0.05, 0.1) is 11.2 Å². The number of nitrogens with one attached hydrogen (secondary N) is 1. The van der Waals surface area contributed by atoms with Crippen LogP contribution in [0.5, 0.6) is 0 Å². The quantitative estimate of drug-likeness (QED) is 0.923. The van der Waals surface area contributed by atoms with E-state index in [1.807, 2.05) is 24.3 Å². The zero-order valence-corrected chi connectivity index (χ0v) is 12.8. The van der Waals surface area contributed by atoms with Gasteiger partial charge in [0.1, 0.15) is 0 Å². The van der Waals surface area contributed by atoms with Gasteiger partial charge in [-0.3, -0.25) is 4.79 Å². The summed E-state index contributed by atoms with van der Waals surface area (Å²) in [7, 11) is 3.55. The van der Waals surface area contributed by atoms with Gasteiger partial charge < -0.3 is 15.0 Å². The fourth-order valence-corrected chi connectivity index (χ4v) is 2.61. The third-order valence-corrected chi connectivity index (χ3v) is 3.62. The highest BCUT2D eigenvalue weighted by atomic mass is 16.5. The Morgan fingerprint density at radius 3 is 2.70 bits per heavy atom. The lowest BCUT2D eigenvalue weighted by Gasteiger charge is -2.36. The van der Waals surface area contributed by atoms with Gasteiger partial charge in [-0.1, -0.05) is 12.1 Å². The van der Waals surface area contributed by atoms with Crippen LogP contribution in [-0.4, -0.2) is 43.2 Å². The molecular formula is C16H24N2O2. The van der Waals surface area contributed by atoms with Crippen LogP contribution in [0.25, 0.3) is 0 Å². The van der Waals surface area contributed by atoms with E-state index in [1.54, 1.807) is 19.0 Å². The molecule has 1 aromatic carbocycles. The summed E-state index contributed by atoms with van der Waals surface area (Å²) in [6.07, 6.45) is 1.91. The molecule has 0 radical (unpaired) electrons. The number of anilines is 1. The third kappa shape index (κ3) is 3.51. The highest BCUT2D eigenvalue weighted by molar-refractivity contribution is 5.99. The molecule has 1 amide bonds. The van der Waals surface area contributed by atoms with Crippen molar-refractivity contribution >= 4 is 11.6 Å². The predicted octanol–water partition coefficient (Wildman–Crippen LogP) is 2.76. The molecule has 0 aromatic heterocycles. The van der Waals surface area contributed by atoms with E-state index in [2.05, 4.69) is 19.2 Å². The van der Waals surface area contributed by atoms with Crippen LogP contribution in [0.15, 0.2) is 24.3 Å². The van der Waals surface area contributed by atoms with Crippen LogP contribution in [0.2, 0.25) is 0 Å². The second-order valence-corrected chi connectivity index (χ2v) is 6.19. The zero-order valence-electron chi connectivity index (χ0n) is 12.8. The van der Waals surface area contributed by atoms with Gasteiger partial charge in [-0.25, -0.2) is 0 Å². The first-order valence-corrected chi connectivity index (χ1v) is 7.10. The number of hydrogen-bond acceptors (Lipinski definition) is 3. The van der Waals surface area contributed by atoms with Gasteiger partial charge in [0.25, 0.3) is 5.91 Å². The summed E-state index contributed by atoms with van der Waals surface area (Å²) in [4.78, 5) is 13.8. The number of benzene rings is 1. The molecule has 1 heterocycles. The van der Waals surface area contributed by atoms with Crippen molar-refractivity contribution in [3.05, 3.63) is 29.8 Å². The molecular weight excluding hydrogens is 252 g/mol. The van der Waals surface area contributed by atoms with E-state index < -0.39 is 0 Å². The lowest BCUT2D eigenvalue weighted by atomic mass is 9.93. The SMILES string of the molecule is CN(C)C(=O)c1ccccc1NC1CCOC(C)(C)C1. The molecule has 0 aliphatic carbocycles. The Kier molecular flexibility index (Phi) is 4.33. The van der Waals surface area contributed by atoms with Crippen molar-refractivity contribution < 1.29 is 9.53 Å². The van der Waals surface area contributed by atoms with E-state index >= 15 is 0 Å². The van der Waals surface area contributed by atoms with E-state index in [9.17, 15) is 4.79 Å². The van der Waals surface area contributed by atoms with Gasteiger partial charge in [-0.2, -0.15) is 0 Å². The molecule has 0 bridgehead atoms. The van der Waals surface area contributed by atoms with Gasteiger partial charge in [0.2, 0.25) is 0 Å². The van der Waals surface area contributed by atoms with Gasteiger partial charge in [0.15, 0.2) is 0 Å². The number of carbonyl (C=O) groups is 1. The summed E-state index contributed by atoms with van der Waals surface area (Å²) in [6, 6.07) is 8.04. The predicted molar refractivity (Wildman–Crippen MR) is 81.1 cm³/mol. The third-order valence-electron chi connectivity index (χ3n) is 3.62. The average Bonchev–Trinajstić information content (AvgIpc) is 2.37. The number of ether oxygens (including phenoxy) is 1. The highest BCUT2D eigenvalue weighted by Crippen LogP contribution is 2.27. The van der Waals surface area contributed by atoms with E-state index in [0.717, 1.165) is 30.7 Å². The molecule has 110 valence electrons. The Morgan fingerprint density at radius 1 is 1.35 bits per heavy atom. The molecule has 1 aromatic rings. The first kappa shape index (κ1) is 14.9. The molecule has 1 aliphatic heterocycles. The molecule has 0 saturated carbocycles. The molecule has 1 saturated heterocycles. The minimum atomic E-state index is -0.101. The summed E-state index contributed by atoms with van der Waals surface area (Å²) in [5.41, 5.74) is 1.53. The standard InChI is InChI=1S/C16H24N2O2/c1-16(2)11-12(9-10-20-16)17-14-8-6-5-7-13(14)15(19)18(3)4/h5-8,12,17H,9-11H2,1-4H3. The van der Waals surface area contributed by atoms with Crippen LogP contribution in [0, 0.1) is 0 Å². The molecule has 20 heavy (non-hydrogen) atoms. The number of amides is 1. The van der Waals surface area contributed by atoms with Crippen molar-refractivity contribution in [2.24, 2.45) is 0 Å². The van der Waals surface area contributed by atoms with Crippen molar-refractivity contribution in [2.75, 3.05) is 26.0 Å². The molecule has 4 heteroatoms. The van der Waals surface area contributed by atoms with Gasteiger partial charge in [-0.05, 0) is 38.8 Å². The second kappa shape index (κ2) is 5.83. The van der Waals surface area contributed by atoms with Crippen molar-refractivity contribution in [3.63, 3.8) is 0 Å². The Hall–Kier alpha value is -1.55. The molecule has 0 spiro atoms. The second-order valence-electron chi connectivity index (χ2n) is 6.19. The minimum absolute atomic E-state index is 0.0272. The first-order chi connectivity index (χ1) is 9.39. The lowest BCUT2D eigenvalue weighted by Crippen LogP contribution is -2.40. The fraction of sp³-hybridized carbons (Fsp3) is 0.562. The monoisotopic (exact) mass is 276 g/mol. The Labute approximate surface area is 121 Å². The largest absolute Gasteiger partial charge is 0.381 e. The lowest BCUT2D eigenvalue weighted by molar-refractivity contribution is -0.0553. The van der Waals surface area contributed by atoms with E-state index in [0.29, 0.717) is 6.04 Å². The van der Waals surface area contributed by atoms with Gasteiger partial charge in [0, 0.05) is 32.4 Å². The summed E-state index contributed by atoms with van der Waals surface area (Å²) in [5, 5.41) is 3.51. The summed E-state index contributed by atoms with van der Waals surface area (Å²) < 4.78 is 5.73. The minimum Gasteiger partial charge on any atom is -0.381 e. The van der Waals surface area contributed by atoms with Crippen LogP contribution in [0.4, 0.5) is 5.69 Å². The average molecular weight is 276 g/mol. The van der Waals surface area contributed by atoms with Crippen LogP contribution in [0.1, 0.15) is 37.0 Å². The highest BCUT2D eigenvalue weighted by Gasteiger charge is 2.29. The fourth-order valence-electron chi connectivity index (χ4n) is 2.61. The van der Waals surface area contributed by atoms with Crippen LogP contribution in [-0.2, 0) is 4.74 Å². The molecule has 1 N–H and O–H groups in total. The normalized spacial score (nSPS) is 21.3. The molecule has 1 atom stereocenters. The molecule has 1 aliphatic rings. The van der Waals surface area contributed by atoms with Gasteiger partial charge in [-0.15, -0.1) is 0 Å². The molecule has 1 fully saturated rings. The van der Waals surface area contributed by atoms with Crippen LogP contribution < -0.4 is 5.32 Å². The molecule has 1 unspecified atom stereocenters. The number of carbonyl (C=O) groups excluding carboxylic acids is 1.